The lowest BCUT2D eigenvalue weighted by Crippen LogP contribution is -1.93. The third-order valence-electron chi connectivity index (χ3n) is 9.91. The summed E-state index contributed by atoms with van der Waals surface area (Å²) in [6.45, 7) is 0. The Kier molecular flexibility index (Phi) is 5.05. The highest BCUT2D eigenvalue weighted by atomic mass is 15.0. The highest BCUT2D eigenvalue weighted by Gasteiger charge is 2.16. The average molecular weight is 612 g/mol. The van der Waals surface area contributed by atoms with E-state index < -0.39 is 0 Å². The van der Waals surface area contributed by atoms with E-state index in [4.69, 9.17) is 15.0 Å². The maximum absolute atomic E-state index is 5.11. The van der Waals surface area contributed by atoms with Gasteiger partial charge in [0.15, 0.2) is 0 Å². The van der Waals surface area contributed by atoms with Crippen molar-refractivity contribution in [2.75, 3.05) is 0 Å². The monoisotopic (exact) mass is 611 g/mol. The molecular formula is C43H25N5. The molecule has 0 aliphatic heterocycles. The molecule has 0 atom stereocenters. The summed E-state index contributed by atoms with van der Waals surface area (Å²) in [5, 5.41) is 6.94. The zero-order valence-electron chi connectivity index (χ0n) is 25.7. The van der Waals surface area contributed by atoms with Crippen LogP contribution < -0.4 is 0 Å². The number of nitrogens with zero attached hydrogens (tertiary/aromatic N) is 5. The molecule has 0 aliphatic carbocycles. The van der Waals surface area contributed by atoms with Crippen molar-refractivity contribution >= 4 is 76.7 Å². The minimum absolute atomic E-state index is 0.925. The smallest absolute Gasteiger partial charge is 0.146 e. The third-order valence-corrected chi connectivity index (χ3v) is 9.91. The van der Waals surface area contributed by atoms with Gasteiger partial charge in [0.1, 0.15) is 11.3 Å². The summed E-state index contributed by atoms with van der Waals surface area (Å²) in [6.07, 6.45) is 2.01. The minimum atomic E-state index is 0.925. The standard InChI is InChI=1S/C43H25N5/c1-5-13-38-30(9-1)29-22-21-28(23-32(29)42-45-35-11-3-7-15-40(35)47(38)42)26-17-19-27(20-18-26)37-24-33-34(25-44-37)31-10-2-6-14-39(31)48-41-16-8-4-12-36(41)46-43(33)48/h1-25H. The van der Waals surface area contributed by atoms with Gasteiger partial charge in [-0.2, -0.15) is 0 Å². The van der Waals surface area contributed by atoms with Crippen molar-refractivity contribution in [3.8, 4) is 22.4 Å². The van der Waals surface area contributed by atoms with Crippen LogP contribution in [-0.2, 0) is 0 Å². The molecule has 5 aromatic heterocycles. The predicted molar refractivity (Wildman–Crippen MR) is 198 cm³/mol. The van der Waals surface area contributed by atoms with Gasteiger partial charge < -0.3 is 0 Å². The van der Waals surface area contributed by atoms with Crippen molar-refractivity contribution in [1.29, 1.82) is 0 Å². The van der Waals surface area contributed by atoms with Gasteiger partial charge in [-0.1, -0.05) is 97.1 Å². The molecule has 0 saturated heterocycles. The maximum atomic E-state index is 5.11. The molecule has 48 heavy (non-hydrogen) atoms. The Labute approximate surface area is 274 Å². The van der Waals surface area contributed by atoms with Crippen molar-refractivity contribution in [3.63, 3.8) is 0 Å². The van der Waals surface area contributed by atoms with E-state index in [-0.39, 0.29) is 0 Å². The lowest BCUT2D eigenvalue weighted by atomic mass is 9.98. The van der Waals surface area contributed by atoms with Gasteiger partial charge in [0.05, 0.1) is 38.8 Å². The second kappa shape index (κ2) is 9.47. The molecule has 11 aromatic rings. The topological polar surface area (TPSA) is 47.5 Å². The Morgan fingerprint density at radius 3 is 1.50 bits per heavy atom. The summed E-state index contributed by atoms with van der Waals surface area (Å²) in [5.41, 5.74) is 12.8. The molecule has 0 saturated carbocycles. The number of para-hydroxylation sites is 6. The quantitative estimate of drug-likeness (QED) is 0.183. The van der Waals surface area contributed by atoms with E-state index in [9.17, 15) is 0 Å². The van der Waals surface area contributed by atoms with Gasteiger partial charge in [-0.15, -0.1) is 0 Å². The largest absolute Gasteiger partial charge is 0.292 e. The first-order chi connectivity index (χ1) is 23.8. The van der Waals surface area contributed by atoms with Crippen molar-refractivity contribution < 1.29 is 0 Å². The van der Waals surface area contributed by atoms with E-state index in [2.05, 4.69) is 148 Å². The van der Waals surface area contributed by atoms with E-state index in [1.165, 1.54) is 21.7 Å². The predicted octanol–water partition coefficient (Wildman–Crippen LogP) is 10.6. The van der Waals surface area contributed by atoms with Crippen LogP contribution in [0.3, 0.4) is 0 Å². The average Bonchev–Trinajstić information content (AvgIpc) is 3.75. The highest BCUT2D eigenvalue weighted by molar-refractivity contribution is 6.15. The molecule has 5 heterocycles. The molecular weight excluding hydrogens is 587 g/mol. The van der Waals surface area contributed by atoms with E-state index in [1.807, 2.05) is 12.3 Å². The summed E-state index contributed by atoms with van der Waals surface area (Å²) in [7, 11) is 0. The number of fused-ring (bicyclic) bond motifs is 16. The highest BCUT2D eigenvalue weighted by Crippen LogP contribution is 2.37. The Morgan fingerprint density at radius 1 is 0.354 bits per heavy atom. The molecule has 0 spiro atoms. The fourth-order valence-electron chi connectivity index (χ4n) is 7.68. The number of hydrogen-bond acceptors (Lipinski definition) is 3. The maximum Gasteiger partial charge on any atom is 0.146 e. The Bertz CT molecular complexity index is 2900. The van der Waals surface area contributed by atoms with Gasteiger partial charge in [-0.3, -0.25) is 13.8 Å². The molecule has 0 amide bonds. The zero-order valence-corrected chi connectivity index (χ0v) is 25.7. The second-order valence-electron chi connectivity index (χ2n) is 12.5. The summed E-state index contributed by atoms with van der Waals surface area (Å²) < 4.78 is 4.58. The third kappa shape index (κ3) is 3.47. The number of aromatic nitrogens is 5. The molecule has 5 heteroatoms. The molecule has 0 fully saturated rings. The van der Waals surface area contributed by atoms with Crippen LogP contribution in [0.25, 0.3) is 99.1 Å². The van der Waals surface area contributed by atoms with Gasteiger partial charge in [0.25, 0.3) is 0 Å². The molecule has 0 bridgehead atoms. The van der Waals surface area contributed by atoms with Crippen LogP contribution in [-0.4, -0.2) is 23.8 Å². The number of hydrogen-bond donors (Lipinski definition) is 0. The first-order valence-electron chi connectivity index (χ1n) is 16.2. The Morgan fingerprint density at radius 2 is 0.854 bits per heavy atom. The van der Waals surface area contributed by atoms with Gasteiger partial charge in [0.2, 0.25) is 0 Å². The van der Waals surface area contributed by atoms with Crippen LogP contribution in [0.15, 0.2) is 152 Å². The van der Waals surface area contributed by atoms with Crippen LogP contribution >= 0.6 is 0 Å². The summed E-state index contributed by atoms with van der Waals surface area (Å²) in [5.74, 6) is 0. The second-order valence-corrected chi connectivity index (χ2v) is 12.5. The van der Waals surface area contributed by atoms with Crippen LogP contribution in [0.2, 0.25) is 0 Å². The number of rotatable bonds is 2. The lowest BCUT2D eigenvalue weighted by molar-refractivity contribution is 1.30. The molecule has 0 aliphatic rings. The van der Waals surface area contributed by atoms with Gasteiger partial charge in [-0.05, 0) is 65.0 Å². The van der Waals surface area contributed by atoms with Gasteiger partial charge in [-0.25, -0.2) is 9.97 Å². The van der Waals surface area contributed by atoms with Crippen LogP contribution in [0.1, 0.15) is 0 Å². The fourth-order valence-corrected chi connectivity index (χ4v) is 7.68. The van der Waals surface area contributed by atoms with Crippen molar-refractivity contribution in [1.82, 2.24) is 23.8 Å². The number of imidazole rings is 2. The molecule has 0 radical (unpaired) electrons. The normalized spacial score (nSPS) is 12.2. The Hall–Kier alpha value is -6.59. The zero-order chi connectivity index (χ0) is 31.3. The van der Waals surface area contributed by atoms with Gasteiger partial charge >= 0.3 is 0 Å². The van der Waals surface area contributed by atoms with Crippen molar-refractivity contribution in [2.24, 2.45) is 0 Å². The molecule has 0 unspecified atom stereocenters. The van der Waals surface area contributed by atoms with Crippen molar-refractivity contribution in [3.05, 3.63) is 152 Å². The molecule has 222 valence electrons. The van der Waals surface area contributed by atoms with Crippen LogP contribution in [0.4, 0.5) is 0 Å². The van der Waals surface area contributed by atoms with Crippen molar-refractivity contribution in [2.45, 2.75) is 0 Å². The van der Waals surface area contributed by atoms with Crippen LogP contribution in [0.5, 0.6) is 0 Å². The van der Waals surface area contributed by atoms with E-state index in [1.54, 1.807) is 0 Å². The van der Waals surface area contributed by atoms with E-state index in [0.29, 0.717) is 0 Å². The summed E-state index contributed by atoms with van der Waals surface area (Å²) in [4.78, 5) is 15.2. The van der Waals surface area contributed by atoms with Gasteiger partial charge in [0, 0.05) is 38.7 Å². The molecule has 11 rings (SSSR count). The number of pyridine rings is 3. The Balaban J connectivity index is 1.07. The summed E-state index contributed by atoms with van der Waals surface area (Å²) in [6, 6.07) is 51.6. The SMILES string of the molecule is c1ccc2c(c1)nc1c3cc(-c4ccc(-c5cc6c(cn5)c5ccccc5n5c7ccccc7nc65)cc4)ccc3c3ccccc3n21. The summed E-state index contributed by atoms with van der Waals surface area (Å²) >= 11 is 0. The van der Waals surface area contributed by atoms with E-state index in [0.717, 1.165) is 77.4 Å². The lowest BCUT2D eigenvalue weighted by Gasteiger charge is -2.12. The molecule has 6 aromatic carbocycles. The first kappa shape index (κ1) is 25.6. The van der Waals surface area contributed by atoms with Crippen LogP contribution in [0, 0.1) is 0 Å². The molecule has 0 N–H and O–H groups in total. The first-order valence-corrected chi connectivity index (χ1v) is 16.2. The minimum Gasteiger partial charge on any atom is -0.292 e. The van der Waals surface area contributed by atoms with E-state index >= 15 is 0 Å². The fraction of sp³-hybridized carbons (Fsp3) is 0. The molecule has 5 nitrogen and oxygen atoms in total. The number of benzene rings is 6.